The summed E-state index contributed by atoms with van der Waals surface area (Å²) in [5, 5.41) is 12.5. The summed E-state index contributed by atoms with van der Waals surface area (Å²) in [4.78, 5) is 19.1. The summed E-state index contributed by atoms with van der Waals surface area (Å²) in [6.07, 6.45) is 5.56. The number of nitriles is 1. The summed E-state index contributed by atoms with van der Waals surface area (Å²) >= 11 is 0. The molecular formula is C28H33N5O. The lowest BCUT2D eigenvalue weighted by molar-refractivity contribution is -0.129. The number of carbonyl (C=O) groups is 1. The van der Waals surface area contributed by atoms with Crippen molar-refractivity contribution in [1.82, 2.24) is 19.8 Å². The highest BCUT2D eigenvalue weighted by Crippen LogP contribution is 2.21. The van der Waals surface area contributed by atoms with Crippen molar-refractivity contribution in [2.24, 2.45) is 5.41 Å². The maximum atomic E-state index is 12.9. The van der Waals surface area contributed by atoms with Crippen LogP contribution in [-0.2, 0) is 30.8 Å². The summed E-state index contributed by atoms with van der Waals surface area (Å²) in [7, 11) is 0. The zero-order valence-corrected chi connectivity index (χ0v) is 20.3. The topological polar surface area (TPSA) is 74.0 Å². The van der Waals surface area contributed by atoms with E-state index in [4.69, 9.17) is 5.26 Å². The van der Waals surface area contributed by atoms with Gasteiger partial charge in [-0.25, -0.2) is 4.98 Å². The van der Waals surface area contributed by atoms with E-state index < -0.39 is 0 Å². The van der Waals surface area contributed by atoms with E-state index in [1.807, 2.05) is 35.6 Å². The molecule has 176 valence electrons. The van der Waals surface area contributed by atoms with Crippen LogP contribution in [0.25, 0.3) is 0 Å². The van der Waals surface area contributed by atoms with Crippen molar-refractivity contribution in [3.63, 3.8) is 0 Å². The van der Waals surface area contributed by atoms with Crippen molar-refractivity contribution < 1.29 is 4.79 Å². The molecule has 1 aliphatic rings. The number of rotatable bonds is 8. The fourth-order valence-electron chi connectivity index (χ4n) is 4.48. The van der Waals surface area contributed by atoms with Gasteiger partial charge >= 0.3 is 0 Å². The van der Waals surface area contributed by atoms with Crippen molar-refractivity contribution in [3.05, 3.63) is 89.0 Å². The molecule has 34 heavy (non-hydrogen) atoms. The van der Waals surface area contributed by atoms with Crippen LogP contribution in [0.4, 0.5) is 0 Å². The van der Waals surface area contributed by atoms with Crippen molar-refractivity contribution in [1.29, 1.82) is 5.26 Å². The third-order valence-electron chi connectivity index (χ3n) is 6.17. The van der Waals surface area contributed by atoms with E-state index in [1.54, 1.807) is 6.07 Å². The Bertz CT molecular complexity index is 1170. The Labute approximate surface area is 202 Å². The molecule has 0 radical (unpaired) electrons. The van der Waals surface area contributed by atoms with Crippen LogP contribution >= 0.6 is 0 Å². The van der Waals surface area contributed by atoms with Gasteiger partial charge in [-0.15, -0.1) is 0 Å². The molecule has 1 aliphatic heterocycles. The molecule has 0 aliphatic carbocycles. The minimum Gasteiger partial charge on any atom is -0.337 e. The number of amides is 1. The molecule has 1 saturated heterocycles. The number of aromatic nitrogens is 2. The predicted octanol–water partition coefficient (Wildman–Crippen LogP) is 4.28. The van der Waals surface area contributed by atoms with Crippen molar-refractivity contribution in [2.75, 3.05) is 6.54 Å². The van der Waals surface area contributed by atoms with Gasteiger partial charge in [0, 0.05) is 32.4 Å². The number of nitrogens with one attached hydrogen (secondary N) is 1. The number of hydrogen-bond acceptors (Lipinski definition) is 4. The second-order valence-electron chi connectivity index (χ2n) is 10.4. The second kappa shape index (κ2) is 10.2. The number of benzene rings is 2. The van der Waals surface area contributed by atoms with E-state index in [2.05, 4.69) is 66.0 Å². The first-order valence-electron chi connectivity index (χ1n) is 11.9. The molecule has 1 amide bonds. The zero-order valence-electron chi connectivity index (χ0n) is 20.3. The zero-order chi connectivity index (χ0) is 24.1. The van der Waals surface area contributed by atoms with Gasteiger partial charge in [-0.2, -0.15) is 5.26 Å². The molecule has 0 spiro atoms. The number of imidazole rings is 1. The van der Waals surface area contributed by atoms with Gasteiger partial charge in [-0.05, 0) is 47.1 Å². The van der Waals surface area contributed by atoms with Crippen LogP contribution in [0.5, 0.6) is 0 Å². The minimum atomic E-state index is -0.195. The van der Waals surface area contributed by atoms with Gasteiger partial charge < -0.3 is 14.8 Å². The highest BCUT2D eigenvalue weighted by molar-refractivity contribution is 5.84. The quantitative estimate of drug-likeness (QED) is 0.550. The largest absolute Gasteiger partial charge is 0.337 e. The predicted molar refractivity (Wildman–Crippen MR) is 133 cm³/mol. The van der Waals surface area contributed by atoms with Crippen molar-refractivity contribution in [3.8, 4) is 6.07 Å². The second-order valence-corrected chi connectivity index (χ2v) is 10.4. The fraction of sp³-hybridized carbons (Fsp3) is 0.393. The average Bonchev–Trinajstić information content (AvgIpc) is 3.39. The first-order valence-corrected chi connectivity index (χ1v) is 11.9. The Hall–Kier alpha value is -3.43. The van der Waals surface area contributed by atoms with Gasteiger partial charge in [-0.3, -0.25) is 4.79 Å². The molecule has 4 rings (SSSR count). The summed E-state index contributed by atoms with van der Waals surface area (Å²) in [6.45, 7) is 9.37. The SMILES string of the molecule is CC(C)(C)Cc1ccc(Cn2cncc2CNC2CCN(Cc3cccc(C#N)c3)C2=O)cc1. The normalized spacial score (nSPS) is 16.1. The molecule has 1 N–H and O–H groups in total. The molecule has 2 heterocycles. The van der Waals surface area contributed by atoms with Gasteiger partial charge in [0.15, 0.2) is 0 Å². The standard InChI is InChI=1S/C28H33N5O/c1-28(2,3)14-21-7-9-22(10-8-21)18-33-20-30-16-25(33)17-31-26-11-12-32(27(26)34)19-24-6-4-5-23(13-24)15-29/h4-10,13,16,20,26,31H,11-12,14,17-19H2,1-3H3. The first kappa shape index (κ1) is 23.7. The number of likely N-dealkylation sites (tertiary alicyclic amines) is 1. The van der Waals surface area contributed by atoms with E-state index in [0.717, 1.165) is 30.6 Å². The van der Waals surface area contributed by atoms with E-state index >= 15 is 0 Å². The van der Waals surface area contributed by atoms with Gasteiger partial charge in [0.2, 0.25) is 5.91 Å². The molecule has 3 aromatic rings. The monoisotopic (exact) mass is 455 g/mol. The molecule has 0 saturated carbocycles. The van der Waals surface area contributed by atoms with Gasteiger partial charge in [-0.1, -0.05) is 57.2 Å². The summed E-state index contributed by atoms with van der Waals surface area (Å²) < 4.78 is 2.14. The van der Waals surface area contributed by atoms with Crippen LogP contribution in [0.1, 0.15) is 55.1 Å². The third-order valence-corrected chi connectivity index (χ3v) is 6.17. The van der Waals surface area contributed by atoms with Crippen LogP contribution in [-0.4, -0.2) is 32.9 Å². The molecule has 1 aromatic heterocycles. The van der Waals surface area contributed by atoms with E-state index in [1.165, 1.54) is 11.1 Å². The van der Waals surface area contributed by atoms with Crippen molar-refractivity contribution >= 4 is 5.91 Å². The Morgan fingerprint density at radius 3 is 2.59 bits per heavy atom. The molecular weight excluding hydrogens is 422 g/mol. The lowest BCUT2D eigenvalue weighted by Crippen LogP contribution is -2.38. The average molecular weight is 456 g/mol. The molecule has 1 atom stereocenters. The number of nitrogens with zero attached hydrogens (tertiary/aromatic N) is 4. The Morgan fingerprint density at radius 1 is 1.09 bits per heavy atom. The van der Waals surface area contributed by atoms with Crippen LogP contribution in [0.3, 0.4) is 0 Å². The Balaban J connectivity index is 1.31. The highest BCUT2D eigenvalue weighted by Gasteiger charge is 2.31. The number of carbonyl (C=O) groups excluding carboxylic acids is 1. The van der Waals surface area contributed by atoms with Gasteiger partial charge in [0.1, 0.15) is 0 Å². The molecule has 2 aromatic carbocycles. The fourth-order valence-corrected chi connectivity index (χ4v) is 4.48. The summed E-state index contributed by atoms with van der Waals surface area (Å²) in [5.74, 6) is 0.114. The van der Waals surface area contributed by atoms with Gasteiger partial charge in [0.05, 0.1) is 29.7 Å². The minimum absolute atomic E-state index is 0.114. The molecule has 0 bridgehead atoms. The lowest BCUT2D eigenvalue weighted by Gasteiger charge is -2.18. The van der Waals surface area contributed by atoms with E-state index in [0.29, 0.717) is 25.2 Å². The maximum Gasteiger partial charge on any atom is 0.240 e. The molecule has 6 nitrogen and oxygen atoms in total. The summed E-state index contributed by atoms with van der Waals surface area (Å²) in [6, 6.07) is 18.2. The molecule has 6 heteroatoms. The number of hydrogen-bond donors (Lipinski definition) is 1. The Morgan fingerprint density at radius 2 is 1.85 bits per heavy atom. The van der Waals surface area contributed by atoms with Crippen molar-refractivity contribution in [2.45, 2.75) is 59.3 Å². The van der Waals surface area contributed by atoms with Crippen LogP contribution < -0.4 is 5.32 Å². The Kier molecular flexibility index (Phi) is 7.14. The highest BCUT2D eigenvalue weighted by atomic mass is 16.2. The smallest absolute Gasteiger partial charge is 0.240 e. The van der Waals surface area contributed by atoms with Crippen LogP contribution in [0.15, 0.2) is 61.1 Å². The third kappa shape index (κ3) is 6.12. The van der Waals surface area contributed by atoms with Gasteiger partial charge in [0.25, 0.3) is 0 Å². The summed E-state index contributed by atoms with van der Waals surface area (Å²) in [5.41, 5.74) is 5.54. The maximum absolute atomic E-state index is 12.9. The lowest BCUT2D eigenvalue weighted by atomic mass is 9.88. The van der Waals surface area contributed by atoms with E-state index in [9.17, 15) is 4.79 Å². The first-order chi connectivity index (χ1) is 16.3. The van der Waals surface area contributed by atoms with E-state index in [-0.39, 0.29) is 17.4 Å². The molecule has 1 unspecified atom stereocenters. The van der Waals surface area contributed by atoms with Crippen LogP contribution in [0, 0.1) is 16.7 Å². The molecule has 1 fully saturated rings. The van der Waals surface area contributed by atoms with Crippen LogP contribution in [0.2, 0.25) is 0 Å².